The number of carbonyl (C=O) groups excluding carboxylic acids is 1. The van der Waals surface area contributed by atoms with Gasteiger partial charge >= 0.3 is 0 Å². The van der Waals surface area contributed by atoms with Gasteiger partial charge in [-0.1, -0.05) is 31.3 Å². The molecule has 0 fully saturated rings. The first-order chi connectivity index (χ1) is 16.7. The lowest BCUT2D eigenvalue weighted by Gasteiger charge is -2.22. The second kappa shape index (κ2) is 13.3. The number of carbonyl (C=O) groups is 1. The number of benzene rings is 2. The Morgan fingerprint density at radius 1 is 1.00 bits per heavy atom. The van der Waals surface area contributed by atoms with Crippen molar-refractivity contribution < 1.29 is 17.9 Å². The van der Waals surface area contributed by atoms with Crippen molar-refractivity contribution in [1.29, 1.82) is 0 Å². The molecule has 3 aromatic rings. The van der Waals surface area contributed by atoms with Crippen LogP contribution in [0.4, 0.5) is 5.13 Å². The van der Waals surface area contributed by atoms with Crippen molar-refractivity contribution in [3.05, 3.63) is 48.0 Å². The number of hydrogen-bond donors (Lipinski definition) is 0. The second-order valence-electron chi connectivity index (χ2n) is 8.26. The fourth-order valence-electron chi connectivity index (χ4n) is 3.77. The molecule has 0 aliphatic rings. The molecule has 2 aromatic carbocycles. The molecule has 8 nitrogen and oxygen atoms in total. The third kappa shape index (κ3) is 6.74. The summed E-state index contributed by atoms with van der Waals surface area (Å²) in [4.78, 5) is 22.3. The van der Waals surface area contributed by atoms with Crippen LogP contribution in [-0.2, 0) is 10.0 Å². The smallest absolute Gasteiger partial charge is 0.260 e. The van der Waals surface area contributed by atoms with Crippen LogP contribution in [0.1, 0.15) is 37.6 Å². The minimum Gasteiger partial charge on any atom is -0.492 e. The summed E-state index contributed by atoms with van der Waals surface area (Å²) in [5.74, 6) is 0.478. The molecule has 1 aromatic heterocycles. The summed E-state index contributed by atoms with van der Waals surface area (Å²) in [6.45, 7) is 8.15. The van der Waals surface area contributed by atoms with Gasteiger partial charge in [0, 0.05) is 25.2 Å². The molecule has 11 heteroatoms. The highest BCUT2D eigenvalue weighted by molar-refractivity contribution is 7.89. The Bertz CT molecular complexity index is 1240. The number of ether oxygens (including phenoxy) is 1. The van der Waals surface area contributed by atoms with Gasteiger partial charge in [0.05, 0.1) is 16.2 Å². The lowest BCUT2D eigenvalue weighted by molar-refractivity contribution is 0.0986. The first-order valence-electron chi connectivity index (χ1n) is 11.8. The number of amides is 1. The highest BCUT2D eigenvalue weighted by Crippen LogP contribution is 2.35. The molecular weight excluding hydrogens is 520 g/mol. The van der Waals surface area contributed by atoms with Gasteiger partial charge in [-0.3, -0.25) is 9.69 Å². The minimum absolute atomic E-state index is 0. The van der Waals surface area contributed by atoms with Crippen molar-refractivity contribution >= 4 is 55.0 Å². The van der Waals surface area contributed by atoms with Crippen molar-refractivity contribution in [2.45, 2.75) is 32.1 Å². The van der Waals surface area contributed by atoms with Gasteiger partial charge in [0.25, 0.3) is 5.91 Å². The normalized spacial score (nSPS) is 11.6. The Labute approximate surface area is 224 Å². The zero-order valence-electron chi connectivity index (χ0n) is 21.4. The summed E-state index contributed by atoms with van der Waals surface area (Å²) < 4.78 is 33.7. The minimum atomic E-state index is -3.59. The van der Waals surface area contributed by atoms with Gasteiger partial charge < -0.3 is 9.64 Å². The summed E-state index contributed by atoms with van der Waals surface area (Å²) >= 11 is 1.44. The summed E-state index contributed by atoms with van der Waals surface area (Å²) in [7, 11) is 0.398. The van der Waals surface area contributed by atoms with Crippen LogP contribution in [-0.4, -0.2) is 75.4 Å². The van der Waals surface area contributed by atoms with E-state index in [1.807, 2.05) is 39.2 Å². The molecule has 0 spiro atoms. The topological polar surface area (TPSA) is 83.0 Å². The van der Waals surface area contributed by atoms with E-state index in [0.29, 0.717) is 42.7 Å². The third-order valence-corrected chi connectivity index (χ3v) is 8.69. The van der Waals surface area contributed by atoms with Gasteiger partial charge in [0.1, 0.15) is 11.3 Å². The summed E-state index contributed by atoms with van der Waals surface area (Å²) in [5.41, 5.74) is 1.15. The molecule has 198 valence electrons. The van der Waals surface area contributed by atoms with Gasteiger partial charge in [-0.2, -0.15) is 4.31 Å². The fraction of sp³-hybridized carbons (Fsp3) is 0.440. The molecule has 0 saturated carbocycles. The third-order valence-electron chi connectivity index (χ3n) is 5.58. The van der Waals surface area contributed by atoms with Crippen LogP contribution in [0.3, 0.4) is 0 Å². The maximum Gasteiger partial charge on any atom is 0.260 e. The van der Waals surface area contributed by atoms with E-state index in [2.05, 4.69) is 4.90 Å². The standard InChI is InChI=1S/C25H34N4O4S2.ClH/c1-6-28(7-2)35(31,32)20-15-13-19(14-16-20)24(30)29(18-10-17-27(4)5)25-26-23-21(33-8-3)11-9-12-22(23)34-25;/h9,11-16H,6-8,10,17-18H2,1-5H3;1H. The maximum atomic E-state index is 13.6. The molecule has 1 heterocycles. The SMILES string of the molecule is CCOc1cccc2sc(N(CCCN(C)C)C(=O)c3ccc(S(=O)(=O)N(CC)CC)cc3)nc12.Cl. The number of rotatable bonds is 12. The van der Waals surface area contributed by atoms with Crippen molar-refractivity contribution in [2.75, 3.05) is 51.8 Å². The number of nitrogens with zero attached hydrogens (tertiary/aromatic N) is 4. The van der Waals surface area contributed by atoms with Crippen LogP contribution < -0.4 is 9.64 Å². The van der Waals surface area contributed by atoms with Gasteiger partial charge in [0.15, 0.2) is 5.13 Å². The number of sulfonamides is 1. The lowest BCUT2D eigenvalue weighted by Crippen LogP contribution is -2.33. The molecule has 0 aliphatic heterocycles. The van der Waals surface area contributed by atoms with E-state index in [0.717, 1.165) is 23.2 Å². The van der Waals surface area contributed by atoms with Gasteiger partial charge in [-0.25, -0.2) is 13.4 Å². The summed E-state index contributed by atoms with van der Waals surface area (Å²) in [6, 6.07) is 11.9. The van der Waals surface area contributed by atoms with Crippen molar-refractivity contribution in [3.63, 3.8) is 0 Å². The zero-order valence-corrected chi connectivity index (χ0v) is 23.9. The van der Waals surface area contributed by atoms with Gasteiger partial charge in [-0.05, 0) is 70.4 Å². The number of fused-ring (bicyclic) bond motifs is 1. The summed E-state index contributed by atoms with van der Waals surface area (Å²) in [5, 5.41) is 0.593. The highest BCUT2D eigenvalue weighted by Gasteiger charge is 2.25. The van der Waals surface area contributed by atoms with Crippen LogP contribution in [0.5, 0.6) is 5.75 Å². The quantitative estimate of drug-likeness (QED) is 0.321. The fourth-order valence-corrected chi connectivity index (χ4v) is 6.23. The first-order valence-corrected chi connectivity index (χ1v) is 14.1. The average molecular weight is 555 g/mol. The highest BCUT2D eigenvalue weighted by atomic mass is 35.5. The van der Waals surface area contributed by atoms with Crippen LogP contribution in [0.15, 0.2) is 47.4 Å². The zero-order chi connectivity index (χ0) is 25.6. The van der Waals surface area contributed by atoms with Crippen LogP contribution >= 0.6 is 23.7 Å². The molecule has 0 saturated heterocycles. The summed E-state index contributed by atoms with van der Waals surface area (Å²) in [6.07, 6.45) is 0.765. The molecule has 0 bridgehead atoms. The Balaban J connectivity index is 0.00000456. The molecule has 0 unspecified atom stereocenters. The van der Waals surface area contributed by atoms with Crippen molar-refractivity contribution in [2.24, 2.45) is 0 Å². The molecule has 0 atom stereocenters. The average Bonchev–Trinajstić information content (AvgIpc) is 3.27. The Morgan fingerprint density at radius 3 is 2.25 bits per heavy atom. The van der Waals surface area contributed by atoms with E-state index in [9.17, 15) is 13.2 Å². The predicted octanol–water partition coefficient (Wildman–Crippen LogP) is 4.75. The van der Waals surface area contributed by atoms with Crippen LogP contribution in [0.25, 0.3) is 10.2 Å². The monoisotopic (exact) mass is 554 g/mol. The molecule has 0 aliphatic carbocycles. The maximum absolute atomic E-state index is 13.6. The van der Waals surface area contributed by atoms with Crippen molar-refractivity contribution in [1.82, 2.24) is 14.2 Å². The molecule has 3 rings (SSSR count). The number of aromatic nitrogens is 1. The number of anilines is 1. The van der Waals surface area contributed by atoms with E-state index in [1.165, 1.54) is 27.8 Å². The van der Waals surface area contributed by atoms with E-state index in [1.54, 1.807) is 30.9 Å². The molecule has 0 radical (unpaired) electrons. The van der Waals surface area contributed by atoms with E-state index >= 15 is 0 Å². The molecule has 1 amide bonds. The van der Waals surface area contributed by atoms with E-state index < -0.39 is 10.0 Å². The number of hydrogen-bond acceptors (Lipinski definition) is 7. The molecule has 0 N–H and O–H groups in total. The number of para-hydroxylation sites is 1. The van der Waals surface area contributed by atoms with E-state index in [-0.39, 0.29) is 23.2 Å². The largest absolute Gasteiger partial charge is 0.492 e. The van der Waals surface area contributed by atoms with Crippen LogP contribution in [0.2, 0.25) is 0 Å². The Morgan fingerprint density at radius 2 is 1.67 bits per heavy atom. The van der Waals surface area contributed by atoms with E-state index in [4.69, 9.17) is 9.72 Å². The molecule has 36 heavy (non-hydrogen) atoms. The van der Waals surface area contributed by atoms with Crippen molar-refractivity contribution in [3.8, 4) is 5.75 Å². The predicted molar refractivity (Wildman–Crippen MR) is 149 cm³/mol. The molecular formula is C25H35ClN4O4S2. The number of halogens is 1. The van der Waals surface area contributed by atoms with Crippen LogP contribution in [0, 0.1) is 0 Å². The lowest BCUT2D eigenvalue weighted by atomic mass is 10.2. The Kier molecular flexibility index (Phi) is 11.1. The Hall–Kier alpha value is -2.24. The first kappa shape index (κ1) is 30.0. The van der Waals surface area contributed by atoms with Gasteiger partial charge in [0.2, 0.25) is 10.0 Å². The number of thiazole rings is 1. The van der Waals surface area contributed by atoms with Gasteiger partial charge in [-0.15, -0.1) is 12.4 Å². The second-order valence-corrected chi connectivity index (χ2v) is 11.2.